The van der Waals surface area contributed by atoms with Crippen LogP contribution >= 0.6 is 11.3 Å². The molecule has 0 saturated heterocycles. The molecule has 7 nitrogen and oxygen atoms in total. The number of thiazole rings is 1. The summed E-state index contributed by atoms with van der Waals surface area (Å²) >= 11 is 1.29. The second-order valence-electron chi connectivity index (χ2n) is 7.28. The lowest BCUT2D eigenvalue weighted by molar-refractivity contribution is 0.415. The average molecular weight is 434 g/mol. The van der Waals surface area contributed by atoms with Crippen molar-refractivity contribution in [1.29, 1.82) is 5.26 Å². The van der Waals surface area contributed by atoms with E-state index in [4.69, 9.17) is 4.74 Å². The molecule has 4 rings (SSSR count). The molecule has 8 heteroatoms. The highest BCUT2D eigenvalue weighted by Gasteiger charge is 2.20. The second kappa shape index (κ2) is 9.14. The van der Waals surface area contributed by atoms with Gasteiger partial charge in [0.2, 0.25) is 0 Å². The van der Waals surface area contributed by atoms with Crippen LogP contribution in [0.15, 0.2) is 41.7 Å². The van der Waals surface area contributed by atoms with E-state index < -0.39 is 0 Å². The smallest absolute Gasteiger partial charge is 0.269 e. The van der Waals surface area contributed by atoms with Crippen LogP contribution in [-0.4, -0.2) is 26.4 Å². The molecule has 2 aromatic heterocycles. The van der Waals surface area contributed by atoms with Gasteiger partial charge in [0.25, 0.3) is 5.56 Å². The van der Waals surface area contributed by atoms with Gasteiger partial charge < -0.3 is 9.30 Å². The number of hydrogen-bond donors (Lipinski definition) is 0. The predicted octanol–water partition coefficient (Wildman–Crippen LogP) is 1.97. The van der Waals surface area contributed by atoms with E-state index in [9.17, 15) is 10.1 Å². The number of aromatic nitrogens is 4. The third kappa shape index (κ3) is 4.09. The molecule has 31 heavy (non-hydrogen) atoms. The Labute approximate surface area is 183 Å². The van der Waals surface area contributed by atoms with Crippen LogP contribution in [0.2, 0.25) is 0 Å². The van der Waals surface area contributed by atoms with Crippen molar-refractivity contribution in [2.75, 3.05) is 7.11 Å². The van der Waals surface area contributed by atoms with Gasteiger partial charge in [0, 0.05) is 19.5 Å². The number of ether oxygens (including phenoxy) is 1. The first kappa shape index (κ1) is 20.8. The van der Waals surface area contributed by atoms with Crippen LogP contribution in [-0.2, 0) is 19.5 Å². The molecule has 0 atom stereocenters. The van der Waals surface area contributed by atoms with Crippen molar-refractivity contribution in [2.24, 2.45) is 0 Å². The van der Waals surface area contributed by atoms with Crippen molar-refractivity contribution in [1.82, 2.24) is 19.3 Å². The van der Waals surface area contributed by atoms with Gasteiger partial charge in [0.1, 0.15) is 27.9 Å². The molecule has 3 aromatic rings. The largest absolute Gasteiger partial charge is 0.497 e. The van der Waals surface area contributed by atoms with Gasteiger partial charge in [-0.3, -0.25) is 9.36 Å². The van der Waals surface area contributed by atoms with Gasteiger partial charge in [0.05, 0.1) is 11.6 Å². The highest BCUT2D eigenvalue weighted by atomic mass is 32.1. The van der Waals surface area contributed by atoms with E-state index in [1.165, 1.54) is 11.3 Å². The molecule has 158 valence electrons. The molecule has 3 heterocycles. The molecule has 0 radical (unpaired) electrons. The summed E-state index contributed by atoms with van der Waals surface area (Å²) < 4.78 is 9.94. The number of hydrogen-bond acceptors (Lipinski definition) is 6. The second-order valence-corrected chi connectivity index (χ2v) is 8.31. The summed E-state index contributed by atoms with van der Waals surface area (Å²) in [7, 11) is 1.61. The van der Waals surface area contributed by atoms with E-state index in [1.807, 2.05) is 34.9 Å². The lowest BCUT2D eigenvalue weighted by atomic mass is 10.2. The van der Waals surface area contributed by atoms with Crippen molar-refractivity contribution >= 4 is 23.0 Å². The monoisotopic (exact) mass is 433 g/mol. The highest BCUT2D eigenvalue weighted by molar-refractivity contribution is 7.07. The average Bonchev–Trinajstić information content (AvgIpc) is 3.21. The third-order valence-corrected chi connectivity index (χ3v) is 6.42. The molecular formula is C23H23N5O2S. The predicted molar refractivity (Wildman–Crippen MR) is 120 cm³/mol. The van der Waals surface area contributed by atoms with Gasteiger partial charge in [-0.25, -0.2) is 0 Å². The summed E-state index contributed by atoms with van der Waals surface area (Å²) in [6.45, 7) is 4.87. The number of methoxy groups -OCH3 is 1. The van der Waals surface area contributed by atoms with Crippen molar-refractivity contribution < 1.29 is 4.74 Å². The van der Waals surface area contributed by atoms with E-state index in [2.05, 4.69) is 22.8 Å². The van der Waals surface area contributed by atoms with Crippen molar-refractivity contribution in [3.63, 3.8) is 0 Å². The number of rotatable bonds is 5. The summed E-state index contributed by atoms with van der Waals surface area (Å²) in [4.78, 5) is 13.1. The Morgan fingerprint density at radius 3 is 2.81 bits per heavy atom. The number of nitriles is 1. The third-order valence-electron chi connectivity index (χ3n) is 5.29. The zero-order valence-corrected chi connectivity index (χ0v) is 18.2. The summed E-state index contributed by atoms with van der Waals surface area (Å²) in [6.07, 6.45) is 7.57. The molecule has 1 aliphatic rings. The minimum atomic E-state index is -0.154. The van der Waals surface area contributed by atoms with Crippen LogP contribution < -0.4 is 19.5 Å². The number of benzene rings is 1. The SMILES string of the molecule is C=CCn1c(=O)/c(=C\c2ccc(OC)cc2)s/c1=C(/C#N)c1nnc2n1CCCCC2. The zero-order valence-electron chi connectivity index (χ0n) is 17.4. The molecule has 0 amide bonds. The topological polar surface area (TPSA) is 85.7 Å². The van der Waals surface area contributed by atoms with Gasteiger partial charge >= 0.3 is 0 Å². The molecule has 1 aliphatic heterocycles. The first-order valence-corrected chi connectivity index (χ1v) is 11.0. The first-order chi connectivity index (χ1) is 15.2. The number of aryl methyl sites for hydroxylation is 1. The molecule has 0 unspecified atom stereocenters. The maximum absolute atomic E-state index is 13.1. The Morgan fingerprint density at radius 1 is 1.29 bits per heavy atom. The summed E-state index contributed by atoms with van der Waals surface area (Å²) in [5.41, 5.74) is 1.10. The molecule has 0 bridgehead atoms. The normalized spacial score (nSPS) is 15.0. The maximum atomic E-state index is 13.1. The lowest BCUT2D eigenvalue weighted by Gasteiger charge is -2.06. The van der Waals surface area contributed by atoms with Gasteiger partial charge in [-0.1, -0.05) is 24.6 Å². The van der Waals surface area contributed by atoms with Crippen molar-refractivity contribution in [3.05, 3.63) is 73.7 Å². The standard InChI is InChI=1S/C23H23N5O2S/c1-3-12-28-22(29)19(14-16-8-10-17(30-2)11-9-16)31-23(28)18(15-24)21-26-25-20-7-5-4-6-13-27(20)21/h3,8-11,14H,1,4-7,12-13H2,2H3/b19-14+,23-18-. The Bertz CT molecular complexity index is 1320. The van der Waals surface area contributed by atoms with E-state index in [0.717, 1.165) is 49.4 Å². The fraction of sp³-hybridized carbons (Fsp3) is 0.304. The summed E-state index contributed by atoms with van der Waals surface area (Å²) in [5, 5.41) is 18.7. The first-order valence-electron chi connectivity index (χ1n) is 10.2. The molecule has 0 N–H and O–H groups in total. The maximum Gasteiger partial charge on any atom is 0.269 e. The minimum Gasteiger partial charge on any atom is -0.497 e. The van der Waals surface area contributed by atoms with E-state index >= 15 is 0 Å². The number of allylic oxidation sites excluding steroid dienone is 1. The molecule has 1 aromatic carbocycles. The van der Waals surface area contributed by atoms with Crippen LogP contribution in [0.3, 0.4) is 0 Å². The van der Waals surface area contributed by atoms with Crippen LogP contribution in [0.4, 0.5) is 0 Å². The van der Waals surface area contributed by atoms with Crippen LogP contribution in [0, 0.1) is 11.3 Å². The fourth-order valence-electron chi connectivity index (χ4n) is 3.72. The van der Waals surface area contributed by atoms with Crippen LogP contribution in [0.25, 0.3) is 11.6 Å². The van der Waals surface area contributed by atoms with Gasteiger partial charge in [-0.15, -0.1) is 28.1 Å². The number of fused-ring (bicyclic) bond motifs is 1. The van der Waals surface area contributed by atoms with Gasteiger partial charge in [0.15, 0.2) is 5.82 Å². The minimum absolute atomic E-state index is 0.154. The lowest BCUT2D eigenvalue weighted by Crippen LogP contribution is -2.32. The quantitative estimate of drug-likeness (QED) is 0.575. The Hall–Kier alpha value is -3.44. The van der Waals surface area contributed by atoms with E-state index in [-0.39, 0.29) is 5.56 Å². The molecular weight excluding hydrogens is 410 g/mol. The van der Waals surface area contributed by atoms with Crippen molar-refractivity contribution in [2.45, 2.75) is 38.8 Å². The zero-order chi connectivity index (χ0) is 21.8. The molecule has 0 fully saturated rings. The molecule has 0 aliphatic carbocycles. The van der Waals surface area contributed by atoms with Gasteiger partial charge in [-0.2, -0.15) is 5.26 Å². The Morgan fingerprint density at radius 2 is 2.10 bits per heavy atom. The number of nitrogens with zero attached hydrogens (tertiary/aromatic N) is 5. The van der Waals surface area contributed by atoms with Crippen molar-refractivity contribution in [3.8, 4) is 11.8 Å². The van der Waals surface area contributed by atoms with Crippen LogP contribution in [0.5, 0.6) is 5.75 Å². The molecule has 0 saturated carbocycles. The van der Waals surface area contributed by atoms with E-state index in [1.54, 1.807) is 17.8 Å². The highest BCUT2D eigenvalue weighted by Crippen LogP contribution is 2.18. The molecule has 0 spiro atoms. The Kier molecular flexibility index (Phi) is 6.14. The van der Waals surface area contributed by atoms with E-state index in [0.29, 0.717) is 27.1 Å². The summed E-state index contributed by atoms with van der Waals surface area (Å²) in [5.74, 6) is 2.19. The summed E-state index contributed by atoms with van der Waals surface area (Å²) in [6, 6.07) is 9.77. The fourth-order valence-corrected chi connectivity index (χ4v) is 4.82. The van der Waals surface area contributed by atoms with Gasteiger partial charge in [-0.05, 0) is 36.6 Å². The van der Waals surface area contributed by atoms with Crippen LogP contribution in [0.1, 0.15) is 36.5 Å². The Balaban J connectivity index is 1.94.